The van der Waals surface area contributed by atoms with Crippen molar-refractivity contribution in [3.8, 4) is 11.5 Å². The maximum Gasteiger partial charge on any atom is 0.251 e. The average molecular weight is 399 g/mol. The van der Waals surface area contributed by atoms with Crippen LogP contribution >= 0.6 is 0 Å². The molecule has 0 saturated heterocycles. The maximum atomic E-state index is 12.7. The number of ether oxygens (including phenoxy) is 2. The van der Waals surface area contributed by atoms with E-state index < -0.39 is 0 Å². The van der Waals surface area contributed by atoms with Crippen molar-refractivity contribution in [2.75, 3.05) is 18.5 Å². The molecule has 1 unspecified atom stereocenters. The van der Waals surface area contributed by atoms with E-state index in [4.69, 9.17) is 9.47 Å². The first-order valence-electron chi connectivity index (χ1n) is 10.0. The molecule has 2 aromatic carbocycles. The summed E-state index contributed by atoms with van der Waals surface area (Å²) in [5, 5.41) is 5.68. The van der Waals surface area contributed by atoms with Gasteiger partial charge in [-0.2, -0.15) is 0 Å². The number of hydrogen-bond donors (Lipinski definition) is 2. The molecular weight excluding hydrogens is 368 g/mol. The van der Waals surface area contributed by atoms with E-state index in [1.54, 1.807) is 24.3 Å². The minimum absolute atomic E-state index is 0.180. The Morgan fingerprint density at radius 1 is 0.966 bits per heavy atom. The highest BCUT2D eigenvalue weighted by Crippen LogP contribution is 2.31. The van der Waals surface area contributed by atoms with Crippen molar-refractivity contribution in [3.63, 3.8) is 0 Å². The molecule has 1 atom stereocenters. The van der Waals surface area contributed by atoms with Gasteiger partial charge in [0.2, 0.25) is 5.91 Å². The lowest BCUT2D eigenvalue weighted by atomic mass is 10.1. The molecule has 0 saturated carbocycles. The minimum atomic E-state index is -0.226. The Kier molecular flexibility index (Phi) is 8.52. The van der Waals surface area contributed by atoms with Gasteiger partial charge in [-0.25, -0.2) is 0 Å². The molecule has 0 spiro atoms. The lowest BCUT2D eigenvalue weighted by molar-refractivity contribution is -0.114. The summed E-state index contributed by atoms with van der Waals surface area (Å²) in [5.74, 6) is 1.00. The molecule has 29 heavy (non-hydrogen) atoms. The first-order chi connectivity index (χ1) is 13.9. The van der Waals surface area contributed by atoms with Gasteiger partial charge in [0.15, 0.2) is 11.5 Å². The number of nitrogens with one attached hydrogen (secondary N) is 2. The molecule has 6 heteroatoms. The molecule has 0 bridgehead atoms. The second-order valence-corrected chi connectivity index (χ2v) is 6.86. The maximum absolute atomic E-state index is 12.7. The summed E-state index contributed by atoms with van der Waals surface area (Å²) in [5.41, 5.74) is 1.99. The normalized spacial score (nSPS) is 11.4. The van der Waals surface area contributed by atoms with Crippen LogP contribution in [0.4, 0.5) is 5.69 Å². The topological polar surface area (TPSA) is 76.7 Å². The van der Waals surface area contributed by atoms with Gasteiger partial charge in [0, 0.05) is 18.2 Å². The van der Waals surface area contributed by atoms with Crippen LogP contribution in [0.25, 0.3) is 0 Å². The third-order valence-corrected chi connectivity index (χ3v) is 4.18. The Morgan fingerprint density at radius 2 is 1.66 bits per heavy atom. The van der Waals surface area contributed by atoms with Crippen LogP contribution in [-0.4, -0.2) is 25.0 Å². The molecule has 0 aliphatic heterocycles. The first kappa shape index (κ1) is 22.3. The molecule has 0 aliphatic rings. The fraction of sp³-hybridized carbons (Fsp3) is 0.391. The van der Waals surface area contributed by atoms with Gasteiger partial charge < -0.3 is 20.1 Å². The van der Waals surface area contributed by atoms with Crippen molar-refractivity contribution in [1.29, 1.82) is 0 Å². The second-order valence-electron chi connectivity index (χ2n) is 6.86. The molecule has 2 aromatic rings. The number of hydrogen-bond acceptors (Lipinski definition) is 4. The van der Waals surface area contributed by atoms with Crippen LogP contribution in [0.5, 0.6) is 11.5 Å². The van der Waals surface area contributed by atoms with Gasteiger partial charge in [0.05, 0.1) is 19.3 Å². The molecule has 2 rings (SSSR count). The summed E-state index contributed by atoms with van der Waals surface area (Å²) < 4.78 is 11.6. The van der Waals surface area contributed by atoms with E-state index >= 15 is 0 Å². The summed E-state index contributed by atoms with van der Waals surface area (Å²) >= 11 is 0. The largest absolute Gasteiger partial charge is 0.490 e. The molecule has 0 aliphatic carbocycles. The highest BCUT2D eigenvalue weighted by molar-refractivity contribution is 5.97. The van der Waals surface area contributed by atoms with Crippen LogP contribution in [-0.2, 0) is 4.79 Å². The van der Waals surface area contributed by atoms with Gasteiger partial charge in [-0.1, -0.05) is 26.0 Å². The van der Waals surface area contributed by atoms with Crippen LogP contribution in [0, 0.1) is 0 Å². The first-order valence-corrected chi connectivity index (χ1v) is 10.0. The van der Waals surface area contributed by atoms with Crippen LogP contribution in [0.1, 0.15) is 62.5 Å². The number of benzene rings is 2. The molecule has 0 radical (unpaired) electrons. The van der Waals surface area contributed by atoms with E-state index in [0.29, 0.717) is 36.0 Å². The van der Waals surface area contributed by atoms with Crippen LogP contribution in [0.15, 0.2) is 42.5 Å². The molecule has 156 valence electrons. The minimum Gasteiger partial charge on any atom is -0.490 e. The quantitative estimate of drug-likeness (QED) is 0.607. The number of carbonyl (C=O) groups excluding carboxylic acids is 2. The lowest BCUT2D eigenvalue weighted by Crippen LogP contribution is -2.26. The summed E-state index contributed by atoms with van der Waals surface area (Å²) in [6, 6.07) is 12.4. The van der Waals surface area contributed by atoms with Crippen molar-refractivity contribution >= 4 is 17.5 Å². The molecule has 6 nitrogen and oxygen atoms in total. The Hall–Kier alpha value is -3.02. The smallest absolute Gasteiger partial charge is 0.251 e. The molecule has 0 aromatic heterocycles. The molecule has 2 amide bonds. The van der Waals surface area contributed by atoms with Crippen LogP contribution in [0.2, 0.25) is 0 Å². The zero-order chi connectivity index (χ0) is 21.2. The highest BCUT2D eigenvalue weighted by atomic mass is 16.5. The zero-order valence-corrected chi connectivity index (χ0v) is 17.6. The average Bonchev–Trinajstić information content (AvgIpc) is 2.70. The fourth-order valence-corrected chi connectivity index (χ4v) is 2.75. The van der Waals surface area contributed by atoms with Crippen molar-refractivity contribution < 1.29 is 19.1 Å². The van der Waals surface area contributed by atoms with Gasteiger partial charge in [-0.15, -0.1) is 0 Å². The van der Waals surface area contributed by atoms with Crippen LogP contribution in [0.3, 0.4) is 0 Å². The Morgan fingerprint density at radius 3 is 2.31 bits per heavy atom. The summed E-state index contributed by atoms with van der Waals surface area (Å²) in [4.78, 5) is 23.9. The van der Waals surface area contributed by atoms with E-state index in [2.05, 4.69) is 17.6 Å². The molecular formula is C23H30N2O4. The Balaban J connectivity index is 2.13. The van der Waals surface area contributed by atoms with E-state index in [9.17, 15) is 9.59 Å². The lowest BCUT2D eigenvalue weighted by Gasteiger charge is -2.18. The van der Waals surface area contributed by atoms with E-state index in [-0.39, 0.29) is 17.9 Å². The predicted molar refractivity (Wildman–Crippen MR) is 115 cm³/mol. The summed E-state index contributed by atoms with van der Waals surface area (Å²) in [7, 11) is 0. The monoisotopic (exact) mass is 398 g/mol. The van der Waals surface area contributed by atoms with E-state index in [1.807, 2.05) is 32.0 Å². The second kappa shape index (κ2) is 11.1. The standard InChI is InChI=1S/C23H30N2O4/c1-5-12-28-21-11-10-18(15-22(21)29-13-6-2)16(3)24-23(27)19-8-7-9-20(14-19)25-17(4)26/h7-11,14-16H,5-6,12-13H2,1-4H3,(H,24,27)(H,25,26). The Bertz CT molecular complexity index is 835. The van der Waals surface area contributed by atoms with Crippen molar-refractivity contribution in [2.24, 2.45) is 0 Å². The predicted octanol–water partition coefficient (Wildman–Crippen LogP) is 4.71. The number of anilines is 1. The summed E-state index contributed by atoms with van der Waals surface area (Å²) in [6.07, 6.45) is 1.81. The molecule has 0 heterocycles. The van der Waals surface area contributed by atoms with Gasteiger partial charge in [0.25, 0.3) is 5.91 Å². The van der Waals surface area contributed by atoms with Crippen molar-refractivity contribution in [1.82, 2.24) is 5.32 Å². The van der Waals surface area contributed by atoms with Crippen molar-refractivity contribution in [3.05, 3.63) is 53.6 Å². The molecule has 2 N–H and O–H groups in total. The summed E-state index contributed by atoms with van der Waals surface area (Å²) in [6.45, 7) is 8.68. The van der Waals surface area contributed by atoms with Gasteiger partial charge in [-0.3, -0.25) is 9.59 Å². The Labute approximate surface area is 172 Å². The molecule has 0 fully saturated rings. The third kappa shape index (κ3) is 6.82. The SMILES string of the molecule is CCCOc1ccc(C(C)NC(=O)c2cccc(NC(C)=O)c2)cc1OCCC. The third-order valence-electron chi connectivity index (χ3n) is 4.18. The van der Waals surface area contributed by atoms with Gasteiger partial charge in [0.1, 0.15) is 0 Å². The van der Waals surface area contributed by atoms with Gasteiger partial charge >= 0.3 is 0 Å². The van der Waals surface area contributed by atoms with E-state index in [0.717, 1.165) is 18.4 Å². The number of rotatable bonds is 10. The van der Waals surface area contributed by atoms with Crippen LogP contribution < -0.4 is 20.1 Å². The number of amides is 2. The number of carbonyl (C=O) groups is 2. The van der Waals surface area contributed by atoms with E-state index in [1.165, 1.54) is 6.92 Å². The zero-order valence-electron chi connectivity index (χ0n) is 17.6. The highest BCUT2D eigenvalue weighted by Gasteiger charge is 2.15. The van der Waals surface area contributed by atoms with Crippen molar-refractivity contribution in [2.45, 2.75) is 46.6 Å². The van der Waals surface area contributed by atoms with Gasteiger partial charge in [-0.05, 0) is 55.7 Å². The fourth-order valence-electron chi connectivity index (χ4n) is 2.75.